The maximum Gasteiger partial charge on any atom is 0.225 e. The van der Waals surface area contributed by atoms with Crippen molar-refractivity contribution in [2.24, 2.45) is 5.92 Å². The molecule has 0 aliphatic carbocycles. The Morgan fingerprint density at radius 1 is 1.71 bits per heavy atom. The van der Waals surface area contributed by atoms with E-state index in [2.05, 4.69) is 22.2 Å². The Bertz CT molecular complexity index is 351. The van der Waals surface area contributed by atoms with Crippen LogP contribution in [0, 0.1) is 5.92 Å². The molecular formula is C12H19N3O2. The number of hydrogen-bond acceptors (Lipinski definition) is 3. The highest BCUT2D eigenvalue weighted by molar-refractivity contribution is 5.79. The van der Waals surface area contributed by atoms with E-state index in [0.717, 1.165) is 25.0 Å². The molecule has 2 atom stereocenters. The summed E-state index contributed by atoms with van der Waals surface area (Å²) in [5.41, 5.74) is 1.04. The van der Waals surface area contributed by atoms with E-state index >= 15 is 0 Å². The van der Waals surface area contributed by atoms with Crippen molar-refractivity contribution in [1.29, 1.82) is 0 Å². The molecule has 1 amide bonds. The Balaban J connectivity index is 1.73. The van der Waals surface area contributed by atoms with Crippen molar-refractivity contribution in [2.45, 2.75) is 32.3 Å². The standard InChI is InChI=1S/C12H19N3O2/c1-2-11-10(4-6-17-11)12(16)14-5-3-9-7-13-8-15-9/h7-8,10-11H,2-6H2,1H3,(H,13,15)(H,14,16). The summed E-state index contributed by atoms with van der Waals surface area (Å²) in [6.45, 7) is 3.41. The number of nitrogens with one attached hydrogen (secondary N) is 2. The topological polar surface area (TPSA) is 67.0 Å². The lowest BCUT2D eigenvalue weighted by Crippen LogP contribution is -2.36. The molecule has 1 fully saturated rings. The van der Waals surface area contributed by atoms with Crippen LogP contribution in [0.3, 0.4) is 0 Å². The molecular weight excluding hydrogens is 218 g/mol. The molecule has 0 saturated carbocycles. The molecule has 5 heteroatoms. The average Bonchev–Trinajstić information content (AvgIpc) is 2.99. The van der Waals surface area contributed by atoms with Crippen LogP contribution < -0.4 is 5.32 Å². The number of nitrogens with zero attached hydrogens (tertiary/aromatic N) is 1. The molecule has 2 rings (SSSR count). The van der Waals surface area contributed by atoms with Crippen LogP contribution in [0.15, 0.2) is 12.5 Å². The SMILES string of the molecule is CCC1OCCC1C(=O)NCCc1cnc[nH]1. The Kier molecular flexibility index (Phi) is 4.14. The molecule has 1 saturated heterocycles. The van der Waals surface area contributed by atoms with Gasteiger partial charge in [-0.25, -0.2) is 4.98 Å². The van der Waals surface area contributed by atoms with Gasteiger partial charge in [-0.15, -0.1) is 0 Å². The summed E-state index contributed by atoms with van der Waals surface area (Å²) in [6.07, 6.45) is 6.06. The smallest absolute Gasteiger partial charge is 0.225 e. The zero-order chi connectivity index (χ0) is 12.1. The van der Waals surface area contributed by atoms with Gasteiger partial charge in [0.25, 0.3) is 0 Å². The summed E-state index contributed by atoms with van der Waals surface area (Å²) in [5, 5.41) is 2.96. The van der Waals surface area contributed by atoms with Crippen LogP contribution in [-0.4, -0.2) is 35.1 Å². The van der Waals surface area contributed by atoms with Gasteiger partial charge in [0.15, 0.2) is 0 Å². The molecule has 1 aliphatic rings. The van der Waals surface area contributed by atoms with Gasteiger partial charge in [0.05, 0.1) is 18.3 Å². The highest BCUT2D eigenvalue weighted by Gasteiger charge is 2.32. The second-order valence-electron chi connectivity index (χ2n) is 4.33. The summed E-state index contributed by atoms with van der Waals surface area (Å²) in [6, 6.07) is 0. The fourth-order valence-electron chi connectivity index (χ4n) is 2.22. The Morgan fingerprint density at radius 2 is 2.59 bits per heavy atom. The van der Waals surface area contributed by atoms with Crippen LogP contribution >= 0.6 is 0 Å². The summed E-state index contributed by atoms with van der Waals surface area (Å²) in [7, 11) is 0. The van der Waals surface area contributed by atoms with Crippen LogP contribution in [0.4, 0.5) is 0 Å². The molecule has 0 aromatic carbocycles. The zero-order valence-electron chi connectivity index (χ0n) is 10.1. The monoisotopic (exact) mass is 237 g/mol. The van der Waals surface area contributed by atoms with Gasteiger partial charge in [-0.05, 0) is 12.8 Å². The number of carbonyl (C=O) groups excluding carboxylic acids is 1. The molecule has 2 unspecified atom stereocenters. The first-order valence-corrected chi connectivity index (χ1v) is 6.17. The third-order valence-electron chi connectivity index (χ3n) is 3.20. The number of hydrogen-bond donors (Lipinski definition) is 2. The summed E-state index contributed by atoms with van der Waals surface area (Å²) in [4.78, 5) is 18.9. The fraction of sp³-hybridized carbons (Fsp3) is 0.667. The Hall–Kier alpha value is -1.36. The van der Waals surface area contributed by atoms with Gasteiger partial charge in [-0.1, -0.05) is 6.92 Å². The lowest BCUT2D eigenvalue weighted by molar-refractivity contribution is -0.126. The van der Waals surface area contributed by atoms with Crippen LogP contribution in [0.5, 0.6) is 0 Å². The lowest BCUT2D eigenvalue weighted by Gasteiger charge is -2.16. The van der Waals surface area contributed by atoms with E-state index in [0.29, 0.717) is 13.2 Å². The predicted molar refractivity (Wildman–Crippen MR) is 63.4 cm³/mol. The molecule has 1 aromatic rings. The van der Waals surface area contributed by atoms with Crippen molar-refractivity contribution >= 4 is 5.91 Å². The van der Waals surface area contributed by atoms with Crippen molar-refractivity contribution in [3.8, 4) is 0 Å². The average molecular weight is 237 g/mol. The number of H-pyrrole nitrogens is 1. The molecule has 2 N–H and O–H groups in total. The quantitative estimate of drug-likeness (QED) is 0.799. The van der Waals surface area contributed by atoms with E-state index in [4.69, 9.17) is 4.74 Å². The van der Waals surface area contributed by atoms with Gasteiger partial charge < -0.3 is 15.0 Å². The van der Waals surface area contributed by atoms with Gasteiger partial charge in [0.1, 0.15) is 0 Å². The molecule has 1 aromatic heterocycles. The van der Waals surface area contributed by atoms with Crippen LogP contribution in [-0.2, 0) is 16.0 Å². The van der Waals surface area contributed by atoms with Gasteiger partial charge in [0.2, 0.25) is 5.91 Å². The second-order valence-corrected chi connectivity index (χ2v) is 4.33. The molecule has 1 aliphatic heterocycles. The van der Waals surface area contributed by atoms with Gasteiger partial charge in [-0.2, -0.15) is 0 Å². The maximum atomic E-state index is 11.9. The fourth-order valence-corrected chi connectivity index (χ4v) is 2.22. The van der Waals surface area contributed by atoms with Crippen molar-refractivity contribution < 1.29 is 9.53 Å². The van der Waals surface area contributed by atoms with Crippen molar-refractivity contribution in [3.05, 3.63) is 18.2 Å². The van der Waals surface area contributed by atoms with Crippen molar-refractivity contribution in [1.82, 2.24) is 15.3 Å². The van der Waals surface area contributed by atoms with Crippen LogP contribution in [0.25, 0.3) is 0 Å². The third-order valence-corrected chi connectivity index (χ3v) is 3.20. The van der Waals surface area contributed by atoms with E-state index in [1.807, 2.05) is 0 Å². The Morgan fingerprint density at radius 3 is 3.29 bits per heavy atom. The zero-order valence-corrected chi connectivity index (χ0v) is 10.1. The summed E-state index contributed by atoms with van der Waals surface area (Å²) in [5.74, 6) is 0.149. The number of imidazole rings is 1. The second kappa shape index (κ2) is 5.82. The maximum absolute atomic E-state index is 11.9. The minimum atomic E-state index is 0.0294. The predicted octanol–water partition coefficient (Wildman–Crippen LogP) is 0.883. The van der Waals surface area contributed by atoms with Crippen LogP contribution in [0.1, 0.15) is 25.5 Å². The van der Waals surface area contributed by atoms with Crippen LogP contribution in [0.2, 0.25) is 0 Å². The molecule has 94 valence electrons. The van der Waals surface area contributed by atoms with Gasteiger partial charge in [-0.3, -0.25) is 4.79 Å². The van der Waals surface area contributed by atoms with Crippen molar-refractivity contribution in [3.63, 3.8) is 0 Å². The molecule has 0 spiro atoms. The number of amides is 1. The van der Waals surface area contributed by atoms with Gasteiger partial charge >= 0.3 is 0 Å². The number of aromatic nitrogens is 2. The minimum Gasteiger partial charge on any atom is -0.377 e. The van der Waals surface area contributed by atoms with E-state index in [1.54, 1.807) is 12.5 Å². The molecule has 5 nitrogen and oxygen atoms in total. The normalized spacial score (nSPS) is 23.8. The largest absolute Gasteiger partial charge is 0.377 e. The Labute approximate surface area is 101 Å². The highest BCUT2D eigenvalue weighted by Crippen LogP contribution is 2.23. The molecule has 2 heterocycles. The first-order valence-electron chi connectivity index (χ1n) is 6.17. The molecule has 17 heavy (non-hydrogen) atoms. The number of carbonyl (C=O) groups is 1. The minimum absolute atomic E-state index is 0.0294. The summed E-state index contributed by atoms with van der Waals surface area (Å²) < 4.78 is 5.51. The lowest BCUT2D eigenvalue weighted by atomic mass is 9.99. The van der Waals surface area contributed by atoms with Gasteiger partial charge in [0, 0.05) is 31.5 Å². The number of aromatic amines is 1. The first kappa shape index (κ1) is 12.1. The highest BCUT2D eigenvalue weighted by atomic mass is 16.5. The summed E-state index contributed by atoms with van der Waals surface area (Å²) >= 11 is 0. The first-order chi connectivity index (χ1) is 8.31. The van der Waals surface area contributed by atoms with E-state index in [1.165, 1.54) is 0 Å². The number of rotatable bonds is 5. The van der Waals surface area contributed by atoms with E-state index < -0.39 is 0 Å². The number of ether oxygens (including phenoxy) is 1. The van der Waals surface area contributed by atoms with E-state index in [-0.39, 0.29) is 17.9 Å². The molecule has 0 radical (unpaired) electrons. The molecule has 0 bridgehead atoms. The van der Waals surface area contributed by atoms with E-state index in [9.17, 15) is 4.79 Å². The third kappa shape index (κ3) is 3.06. The van der Waals surface area contributed by atoms with Crippen molar-refractivity contribution in [2.75, 3.05) is 13.2 Å².